The number of hydrogen-bond acceptors (Lipinski definition) is 3. The Balaban J connectivity index is 2.91. The van der Waals surface area contributed by atoms with Crippen LogP contribution < -0.4 is 4.74 Å². The van der Waals surface area contributed by atoms with Crippen LogP contribution in [0, 0.1) is 0 Å². The van der Waals surface area contributed by atoms with E-state index in [1.54, 1.807) is 0 Å². The average Bonchev–Trinajstić information content (AvgIpc) is 2.42. The molecule has 0 N–H and O–H groups in total. The van der Waals surface area contributed by atoms with Crippen LogP contribution in [-0.4, -0.2) is 30.9 Å². The lowest BCUT2D eigenvalue weighted by molar-refractivity contribution is 0.112. The van der Waals surface area contributed by atoms with E-state index in [2.05, 4.69) is 25.7 Å². The predicted octanol–water partition coefficient (Wildman–Crippen LogP) is 3.13. The summed E-state index contributed by atoms with van der Waals surface area (Å²) in [4.78, 5) is 13.2. The Hall–Kier alpha value is -1.35. The van der Waals surface area contributed by atoms with Gasteiger partial charge in [0.2, 0.25) is 0 Å². The third-order valence-corrected chi connectivity index (χ3v) is 2.97. The zero-order valence-electron chi connectivity index (χ0n) is 11.6. The number of aldehydes is 1. The molecule has 0 amide bonds. The molecule has 0 aliphatic carbocycles. The topological polar surface area (TPSA) is 29.5 Å². The highest BCUT2D eigenvalue weighted by atomic mass is 16.5. The standard InChI is InChI=1S/C15H23NO2/c1-4-9-18-15-8-7-13(12-17)10-14(15)11-16(5-2)6-3/h7-8,10,12H,4-6,9,11H2,1-3H3. The minimum atomic E-state index is 0.709. The summed E-state index contributed by atoms with van der Waals surface area (Å²) in [5, 5.41) is 0. The Bertz CT molecular complexity index is 373. The summed E-state index contributed by atoms with van der Waals surface area (Å²) in [6.45, 7) is 9.90. The molecule has 0 fully saturated rings. The van der Waals surface area contributed by atoms with Gasteiger partial charge in [0, 0.05) is 17.7 Å². The van der Waals surface area contributed by atoms with Gasteiger partial charge in [-0.3, -0.25) is 9.69 Å². The number of hydrogen-bond donors (Lipinski definition) is 0. The molecule has 18 heavy (non-hydrogen) atoms. The first-order valence-corrected chi connectivity index (χ1v) is 6.68. The lowest BCUT2D eigenvalue weighted by Gasteiger charge is -2.20. The zero-order valence-corrected chi connectivity index (χ0v) is 11.6. The first-order valence-electron chi connectivity index (χ1n) is 6.68. The molecular formula is C15H23NO2. The van der Waals surface area contributed by atoms with Crippen molar-refractivity contribution >= 4 is 6.29 Å². The summed E-state index contributed by atoms with van der Waals surface area (Å²) in [5.41, 5.74) is 1.80. The molecule has 1 rings (SSSR count). The fourth-order valence-corrected chi connectivity index (χ4v) is 1.84. The van der Waals surface area contributed by atoms with Crippen molar-refractivity contribution in [2.75, 3.05) is 19.7 Å². The van der Waals surface area contributed by atoms with Crippen LogP contribution in [0.3, 0.4) is 0 Å². The number of carbonyl (C=O) groups excluding carboxylic acids is 1. The molecule has 0 saturated heterocycles. The van der Waals surface area contributed by atoms with E-state index >= 15 is 0 Å². The van der Waals surface area contributed by atoms with Gasteiger partial charge >= 0.3 is 0 Å². The van der Waals surface area contributed by atoms with Gasteiger partial charge in [0.25, 0.3) is 0 Å². The zero-order chi connectivity index (χ0) is 13.4. The molecule has 0 unspecified atom stereocenters. The number of nitrogens with zero attached hydrogens (tertiary/aromatic N) is 1. The number of rotatable bonds is 8. The summed E-state index contributed by atoms with van der Waals surface area (Å²) in [6.07, 6.45) is 1.87. The summed E-state index contributed by atoms with van der Waals surface area (Å²) in [6, 6.07) is 5.64. The maximum atomic E-state index is 10.9. The third kappa shape index (κ3) is 4.15. The second kappa shape index (κ2) is 7.88. The molecule has 0 saturated carbocycles. The second-order valence-electron chi connectivity index (χ2n) is 4.29. The Morgan fingerprint density at radius 3 is 2.50 bits per heavy atom. The van der Waals surface area contributed by atoms with Gasteiger partial charge in [-0.25, -0.2) is 0 Å². The molecule has 0 bridgehead atoms. The van der Waals surface area contributed by atoms with Crippen molar-refractivity contribution in [3.63, 3.8) is 0 Å². The van der Waals surface area contributed by atoms with Gasteiger partial charge in [-0.05, 0) is 37.7 Å². The molecule has 0 spiro atoms. The number of carbonyl (C=O) groups is 1. The van der Waals surface area contributed by atoms with Crippen LogP contribution in [0.15, 0.2) is 18.2 Å². The van der Waals surface area contributed by atoms with Crippen LogP contribution in [0.4, 0.5) is 0 Å². The maximum Gasteiger partial charge on any atom is 0.150 e. The largest absolute Gasteiger partial charge is 0.493 e. The third-order valence-electron chi connectivity index (χ3n) is 2.97. The Morgan fingerprint density at radius 1 is 1.22 bits per heavy atom. The molecule has 0 atom stereocenters. The lowest BCUT2D eigenvalue weighted by Crippen LogP contribution is -2.22. The molecule has 3 heteroatoms. The van der Waals surface area contributed by atoms with E-state index in [9.17, 15) is 4.79 Å². The molecule has 3 nitrogen and oxygen atoms in total. The highest BCUT2D eigenvalue weighted by Gasteiger charge is 2.08. The van der Waals surface area contributed by atoms with Crippen molar-refractivity contribution in [2.24, 2.45) is 0 Å². The van der Waals surface area contributed by atoms with Crippen molar-refractivity contribution < 1.29 is 9.53 Å². The highest BCUT2D eigenvalue weighted by Crippen LogP contribution is 2.21. The van der Waals surface area contributed by atoms with E-state index in [1.165, 1.54) is 0 Å². The first kappa shape index (κ1) is 14.7. The Kier molecular flexibility index (Phi) is 6.44. The SMILES string of the molecule is CCCOc1ccc(C=O)cc1CN(CC)CC. The first-order chi connectivity index (χ1) is 8.74. The minimum Gasteiger partial charge on any atom is -0.493 e. The van der Waals surface area contributed by atoms with Crippen molar-refractivity contribution in [3.05, 3.63) is 29.3 Å². The van der Waals surface area contributed by atoms with Crippen molar-refractivity contribution in [2.45, 2.75) is 33.7 Å². The number of ether oxygens (including phenoxy) is 1. The Morgan fingerprint density at radius 2 is 1.94 bits per heavy atom. The van der Waals surface area contributed by atoms with Crippen LogP contribution in [0.1, 0.15) is 43.1 Å². The molecule has 1 aromatic rings. The molecule has 0 heterocycles. The fraction of sp³-hybridized carbons (Fsp3) is 0.533. The van der Waals surface area contributed by atoms with E-state index in [0.717, 1.165) is 43.7 Å². The molecular weight excluding hydrogens is 226 g/mol. The summed E-state index contributed by atoms with van der Waals surface area (Å²) in [5.74, 6) is 0.898. The van der Waals surface area contributed by atoms with E-state index in [1.807, 2.05) is 18.2 Å². The monoisotopic (exact) mass is 249 g/mol. The molecule has 0 aromatic heterocycles. The van der Waals surface area contributed by atoms with Gasteiger partial charge in [0.1, 0.15) is 12.0 Å². The smallest absolute Gasteiger partial charge is 0.150 e. The molecule has 0 aliphatic heterocycles. The van der Waals surface area contributed by atoms with Gasteiger partial charge in [-0.2, -0.15) is 0 Å². The summed E-state index contributed by atoms with van der Waals surface area (Å²) < 4.78 is 5.73. The summed E-state index contributed by atoms with van der Waals surface area (Å²) >= 11 is 0. The normalized spacial score (nSPS) is 10.7. The van der Waals surface area contributed by atoms with Crippen LogP contribution >= 0.6 is 0 Å². The van der Waals surface area contributed by atoms with E-state index in [0.29, 0.717) is 12.2 Å². The second-order valence-corrected chi connectivity index (χ2v) is 4.29. The molecule has 0 radical (unpaired) electrons. The lowest BCUT2D eigenvalue weighted by atomic mass is 10.1. The van der Waals surface area contributed by atoms with Gasteiger partial charge in [-0.15, -0.1) is 0 Å². The quantitative estimate of drug-likeness (QED) is 0.663. The molecule has 0 aliphatic rings. The number of benzene rings is 1. The summed E-state index contributed by atoms with van der Waals surface area (Å²) in [7, 11) is 0. The van der Waals surface area contributed by atoms with E-state index in [4.69, 9.17) is 4.74 Å². The minimum absolute atomic E-state index is 0.709. The fourth-order valence-electron chi connectivity index (χ4n) is 1.84. The van der Waals surface area contributed by atoms with Crippen molar-refractivity contribution in [1.29, 1.82) is 0 Å². The van der Waals surface area contributed by atoms with Crippen LogP contribution in [0.25, 0.3) is 0 Å². The highest BCUT2D eigenvalue weighted by molar-refractivity contribution is 5.75. The predicted molar refractivity (Wildman–Crippen MR) is 74.2 cm³/mol. The maximum absolute atomic E-state index is 10.9. The van der Waals surface area contributed by atoms with Crippen LogP contribution in [-0.2, 0) is 6.54 Å². The Labute approximate surface area is 110 Å². The van der Waals surface area contributed by atoms with Crippen LogP contribution in [0.5, 0.6) is 5.75 Å². The van der Waals surface area contributed by atoms with Crippen molar-refractivity contribution in [3.8, 4) is 5.75 Å². The van der Waals surface area contributed by atoms with Gasteiger partial charge < -0.3 is 4.74 Å². The van der Waals surface area contributed by atoms with Crippen molar-refractivity contribution in [1.82, 2.24) is 4.90 Å². The molecule has 1 aromatic carbocycles. The van der Waals surface area contributed by atoms with Gasteiger partial charge in [0.15, 0.2) is 0 Å². The van der Waals surface area contributed by atoms with Gasteiger partial charge in [0.05, 0.1) is 6.61 Å². The van der Waals surface area contributed by atoms with E-state index in [-0.39, 0.29) is 0 Å². The average molecular weight is 249 g/mol. The van der Waals surface area contributed by atoms with Gasteiger partial charge in [-0.1, -0.05) is 20.8 Å². The van der Waals surface area contributed by atoms with Crippen LogP contribution in [0.2, 0.25) is 0 Å². The molecule has 100 valence electrons. The van der Waals surface area contributed by atoms with E-state index < -0.39 is 0 Å².